The Balaban J connectivity index is 2.31. The predicted octanol–water partition coefficient (Wildman–Crippen LogP) is -0.242. The first-order valence-corrected chi connectivity index (χ1v) is 8.01. The van der Waals surface area contributed by atoms with Crippen LogP contribution >= 0.6 is 11.8 Å². The molecule has 2 heterocycles. The first-order valence-electron chi connectivity index (χ1n) is 6.96. The fourth-order valence-electron chi connectivity index (χ4n) is 2.38. The van der Waals surface area contributed by atoms with E-state index in [1.807, 2.05) is 0 Å². The fourth-order valence-corrected chi connectivity index (χ4v) is 3.78. The van der Waals surface area contributed by atoms with E-state index < -0.39 is 28.9 Å². The number of hydrogen-bond donors (Lipinski definition) is 0. The zero-order chi connectivity index (χ0) is 18.1. The minimum absolute atomic E-state index is 0.162. The van der Waals surface area contributed by atoms with Gasteiger partial charge in [-0.3, -0.25) is 14.5 Å². The molecule has 0 bridgehead atoms. The molecule has 0 aromatic heterocycles. The smallest absolute Gasteiger partial charge is 0.308 e. The van der Waals surface area contributed by atoms with Crippen molar-refractivity contribution in [1.29, 1.82) is 0 Å². The fraction of sp³-hybridized carbons (Fsp3) is 0.615. The van der Waals surface area contributed by atoms with Crippen molar-refractivity contribution in [2.24, 2.45) is 11.0 Å². The van der Waals surface area contributed by atoms with Crippen LogP contribution < -0.4 is 5.11 Å². The van der Waals surface area contributed by atoms with E-state index >= 15 is 0 Å². The number of aliphatic carboxylic acids is 1. The molecular formula is C13H15N4O6S-. The van der Waals surface area contributed by atoms with E-state index in [0.29, 0.717) is 0 Å². The summed E-state index contributed by atoms with van der Waals surface area (Å²) < 4.78 is 10.1. The van der Waals surface area contributed by atoms with Crippen molar-refractivity contribution in [1.82, 2.24) is 4.90 Å². The van der Waals surface area contributed by atoms with Gasteiger partial charge in [-0.05, 0) is 10.6 Å². The lowest BCUT2D eigenvalue weighted by Crippen LogP contribution is -2.74. The first-order chi connectivity index (χ1) is 11.3. The monoisotopic (exact) mass is 355 g/mol. The van der Waals surface area contributed by atoms with Crippen LogP contribution in [0.1, 0.15) is 13.8 Å². The summed E-state index contributed by atoms with van der Waals surface area (Å²) in [6.07, 6.45) is 0. The highest BCUT2D eigenvalue weighted by atomic mass is 32.2. The molecule has 0 aliphatic carbocycles. The molecule has 2 aliphatic rings. The number of carboxylic acids is 1. The Morgan fingerprint density at radius 3 is 2.75 bits per heavy atom. The third-order valence-electron chi connectivity index (χ3n) is 3.64. The number of esters is 1. The minimum atomic E-state index is -1.78. The van der Waals surface area contributed by atoms with Crippen LogP contribution in [-0.4, -0.2) is 53.3 Å². The topological polar surface area (TPSA) is 145 Å². The Kier molecular flexibility index (Phi) is 5.07. The van der Waals surface area contributed by atoms with Crippen LogP contribution in [0.4, 0.5) is 0 Å². The van der Waals surface area contributed by atoms with Crippen LogP contribution in [0.3, 0.4) is 0 Å². The second kappa shape index (κ2) is 6.71. The maximum absolute atomic E-state index is 12.3. The van der Waals surface area contributed by atoms with Crippen molar-refractivity contribution in [2.45, 2.75) is 24.9 Å². The second-order valence-electron chi connectivity index (χ2n) is 5.43. The number of carbonyl (C=O) groups is 3. The Bertz CT molecular complexity index is 671. The number of carbonyl (C=O) groups excluding carboxylic acids is 3. The molecule has 0 saturated carbocycles. The van der Waals surface area contributed by atoms with Crippen molar-refractivity contribution in [3.63, 3.8) is 0 Å². The van der Waals surface area contributed by atoms with Gasteiger partial charge < -0.3 is 19.4 Å². The zero-order valence-electron chi connectivity index (χ0n) is 13.2. The highest BCUT2D eigenvalue weighted by molar-refractivity contribution is 8.00. The first kappa shape index (κ1) is 18.1. The van der Waals surface area contributed by atoms with Gasteiger partial charge in [0.15, 0.2) is 0 Å². The number of fused-ring (bicyclic) bond motifs is 1. The summed E-state index contributed by atoms with van der Waals surface area (Å²) in [4.78, 5) is 38.9. The molecule has 2 rings (SSSR count). The Hall–Kier alpha value is -2.23. The molecule has 0 unspecified atom stereocenters. The lowest BCUT2D eigenvalue weighted by Gasteiger charge is -2.54. The Morgan fingerprint density at radius 1 is 1.58 bits per heavy atom. The molecule has 0 N–H and O–H groups in total. The maximum atomic E-state index is 12.3. The van der Waals surface area contributed by atoms with E-state index in [1.165, 1.54) is 7.11 Å². The quantitative estimate of drug-likeness (QED) is 0.210. The average molecular weight is 355 g/mol. The van der Waals surface area contributed by atoms with Crippen LogP contribution in [0.25, 0.3) is 10.4 Å². The van der Waals surface area contributed by atoms with Crippen LogP contribution in [0.2, 0.25) is 0 Å². The minimum Gasteiger partial charge on any atom is -0.543 e. The lowest BCUT2D eigenvalue weighted by molar-refractivity contribution is -0.302. The molecule has 0 radical (unpaired) electrons. The second-order valence-corrected chi connectivity index (χ2v) is 6.50. The average Bonchev–Trinajstić information content (AvgIpc) is 2.55. The molecule has 130 valence electrons. The van der Waals surface area contributed by atoms with Gasteiger partial charge in [0.1, 0.15) is 12.0 Å². The number of thioether (sulfide) groups is 1. The van der Waals surface area contributed by atoms with Crippen LogP contribution in [0.5, 0.6) is 0 Å². The Labute approximate surface area is 141 Å². The summed E-state index contributed by atoms with van der Waals surface area (Å²) >= 11 is 1.15. The summed E-state index contributed by atoms with van der Waals surface area (Å²) in [5.74, 6) is -3.06. The van der Waals surface area contributed by atoms with E-state index in [4.69, 9.17) is 15.0 Å². The highest BCUT2D eigenvalue weighted by Gasteiger charge is 2.64. The molecule has 10 nitrogen and oxygen atoms in total. The molecule has 1 saturated heterocycles. The summed E-state index contributed by atoms with van der Waals surface area (Å²) in [7, 11) is 1.20. The van der Waals surface area contributed by atoms with Crippen molar-refractivity contribution < 1.29 is 29.0 Å². The molecule has 0 aromatic rings. The molecule has 0 spiro atoms. The number of rotatable bonds is 6. The molecular weight excluding hydrogens is 340 g/mol. The standard InChI is InChI=1S/C13H16N4O6S/c1-6(2)10(20)23-4-7-5-24-12-13(22-3,15-16-14)11(21)17(12)8(7)9(18)19/h6,12H,4-5H2,1-3H3,(H,18,19)/p-1/t12-,13+/m1/s1. The van der Waals surface area contributed by atoms with E-state index in [-0.39, 0.29) is 29.5 Å². The number of azide groups is 1. The van der Waals surface area contributed by atoms with Crippen LogP contribution in [0.15, 0.2) is 16.4 Å². The molecule has 1 amide bonds. The number of amides is 1. The number of nitrogens with zero attached hydrogens (tertiary/aromatic N) is 4. The van der Waals surface area contributed by atoms with Crippen molar-refractivity contribution in [2.75, 3.05) is 19.5 Å². The number of carboxylic acid groups (broad SMARTS) is 1. The maximum Gasteiger partial charge on any atom is 0.308 e. The largest absolute Gasteiger partial charge is 0.543 e. The van der Waals surface area contributed by atoms with Crippen molar-refractivity contribution in [3.8, 4) is 0 Å². The highest BCUT2D eigenvalue weighted by Crippen LogP contribution is 2.48. The van der Waals surface area contributed by atoms with Gasteiger partial charge in [-0.1, -0.05) is 13.8 Å². The normalized spacial score (nSPS) is 25.8. The summed E-state index contributed by atoms with van der Waals surface area (Å²) in [5.41, 5.74) is 6.72. The van der Waals surface area contributed by atoms with Gasteiger partial charge in [0.05, 0.1) is 17.6 Å². The van der Waals surface area contributed by atoms with Crippen LogP contribution in [-0.2, 0) is 23.9 Å². The van der Waals surface area contributed by atoms with E-state index in [0.717, 1.165) is 16.7 Å². The molecule has 2 aliphatic heterocycles. The third-order valence-corrected chi connectivity index (χ3v) is 5.00. The zero-order valence-corrected chi connectivity index (χ0v) is 14.0. The van der Waals surface area contributed by atoms with Gasteiger partial charge in [0.25, 0.3) is 11.6 Å². The van der Waals surface area contributed by atoms with Gasteiger partial charge >= 0.3 is 5.97 Å². The number of hydrogen-bond acceptors (Lipinski definition) is 8. The van der Waals surface area contributed by atoms with Gasteiger partial charge in [0.2, 0.25) is 0 Å². The van der Waals surface area contributed by atoms with E-state index in [2.05, 4.69) is 10.0 Å². The molecule has 1 fully saturated rings. The number of methoxy groups -OCH3 is 1. The van der Waals surface area contributed by atoms with Gasteiger partial charge in [-0.2, -0.15) is 0 Å². The molecule has 2 atom stereocenters. The van der Waals surface area contributed by atoms with E-state index in [9.17, 15) is 19.5 Å². The SMILES string of the molecule is CO[C@@]1(N=[N+]=[N-])C(=O)N2C(C(=O)[O-])=C(COC(=O)C(C)C)CS[C@@H]21. The summed E-state index contributed by atoms with van der Waals surface area (Å²) in [5, 5.41) is 14.0. The summed E-state index contributed by atoms with van der Waals surface area (Å²) in [6.45, 7) is 3.03. The van der Waals surface area contributed by atoms with Crippen molar-refractivity contribution >= 4 is 29.6 Å². The third kappa shape index (κ3) is 2.70. The molecule has 24 heavy (non-hydrogen) atoms. The molecule has 11 heteroatoms. The number of ether oxygens (including phenoxy) is 2. The Morgan fingerprint density at radius 2 is 2.25 bits per heavy atom. The van der Waals surface area contributed by atoms with Gasteiger partial charge in [-0.15, -0.1) is 11.8 Å². The van der Waals surface area contributed by atoms with E-state index in [1.54, 1.807) is 13.8 Å². The van der Waals surface area contributed by atoms with Crippen LogP contribution in [0, 0.1) is 5.92 Å². The number of β-lactam (4-membered cyclic amide) rings is 1. The molecule has 0 aromatic carbocycles. The summed E-state index contributed by atoms with van der Waals surface area (Å²) in [6, 6.07) is 0. The van der Waals surface area contributed by atoms with Crippen molar-refractivity contribution in [3.05, 3.63) is 21.7 Å². The lowest BCUT2D eigenvalue weighted by atomic mass is 9.99. The van der Waals surface area contributed by atoms with Gasteiger partial charge in [0, 0.05) is 23.3 Å². The van der Waals surface area contributed by atoms with Gasteiger partial charge in [-0.25, -0.2) is 0 Å². The predicted molar refractivity (Wildman–Crippen MR) is 79.8 cm³/mol.